The molecule has 6 heteroatoms. The third kappa shape index (κ3) is 3.57. The second kappa shape index (κ2) is 7.43. The predicted octanol–water partition coefficient (Wildman–Crippen LogP) is 4.13. The van der Waals surface area contributed by atoms with Crippen molar-refractivity contribution in [1.82, 2.24) is 4.98 Å². The van der Waals surface area contributed by atoms with Gasteiger partial charge in [0.15, 0.2) is 5.13 Å². The van der Waals surface area contributed by atoms with Gasteiger partial charge in [-0.15, -0.1) is 0 Å². The molecule has 5 nitrogen and oxygen atoms in total. The van der Waals surface area contributed by atoms with E-state index in [1.807, 2.05) is 36.4 Å². The van der Waals surface area contributed by atoms with Crippen molar-refractivity contribution in [3.05, 3.63) is 54.1 Å². The van der Waals surface area contributed by atoms with Gasteiger partial charge in [0.1, 0.15) is 12.4 Å². The lowest BCUT2D eigenvalue weighted by Gasteiger charge is -2.15. The van der Waals surface area contributed by atoms with Crippen LogP contribution in [0, 0.1) is 0 Å². The highest BCUT2D eigenvalue weighted by Gasteiger charge is 2.19. The molecular weight excluding hydrogens is 348 g/mol. The van der Waals surface area contributed by atoms with Gasteiger partial charge < -0.3 is 9.47 Å². The van der Waals surface area contributed by atoms with Gasteiger partial charge in [0.25, 0.3) is 5.91 Å². The fraction of sp³-hybridized carbons (Fsp3) is 0.300. The lowest BCUT2D eigenvalue weighted by Crippen LogP contribution is -2.26. The molecule has 0 N–H and O–H groups in total. The van der Waals surface area contributed by atoms with Crippen molar-refractivity contribution in [2.45, 2.75) is 18.9 Å². The number of rotatable bonds is 5. The summed E-state index contributed by atoms with van der Waals surface area (Å²) in [6, 6.07) is 15.2. The van der Waals surface area contributed by atoms with Gasteiger partial charge in [-0.1, -0.05) is 29.5 Å². The number of carbonyl (C=O) groups is 1. The highest BCUT2D eigenvalue weighted by Crippen LogP contribution is 2.29. The van der Waals surface area contributed by atoms with Crippen molar-refractivity contribution < 1.29 is 14.3 Å². The molecule has 0 aliphatic carbocycles. The van der Waals surface area contributed by atoms with E-state index in [1.54, 1.807) is 24.1 Å². The van der Waals surface area contributed by atoms with Crippen LogP contribution in [0.3, 0.4) is 0 Å². The van der Waals surface area contributed by atoms with Gasteiger partial charge in [-0.05, 0) is 43.2 Å². The number of amides is 1. The van der Waals surface area contributed by atoms with Crippen LogP contribution in [0.4, 0.5) is 5.13 Å². The summed E-state index contributed by atoms with van der Waals surface area (Å²) in [6.07, 6.45) is 2.26. The average molecular weight is 368 g/mol. The molecule has 1 aliphatic rings. The Balaban J connectivity index is 1.48. The second-order valence-corrected chi connectivity index (χ2v) is 7.31. The van der Waals surface area contributed by atoms with Crippen LogP contribution >= 0.6 is 11.3 Å². The molecule has 0 radical (unpaired) electrons. The second-order valence-electron chi connectivity index (χ2n) is 6.30. The maximum atomic E-state index is 12.8. The number of carbonyl (C=O) groups excluding carboxylic acids is 1. The zero-order chi connectivity index (χ0) is 17.9. The van der Waals surface area contributed by atoms with E-state index in [2.05, 4.69) is 4.98 Å². The maximum absolute atomic E-state index is 12.8. The minimum atomic E-state index is -0.105. The van der Waals surface area contributed by atoms with E-state index in [0.29, 0.717) is 23.1 Å². The molecule has 1 aromatic heterocycles. The number of thiazole rings is 1. The van der Waals surface area contributed by atoms with Gasteiger partial charge in [-0.3, -0.25) is 9.69 Å². The van der Waals surface area contributed by atoms with Gasteiger partial charge in [-0.2, -0.15) is 0 Å². The summed E-state index contributed by atoms with van der Waals surface area (Å²) in [6.45, 7) is 1.32. The van der Waals surface area contributed by atoms with Crippen molar-refractivity contribution in [3.8, 4) is 5.75 Å². The fourth-order valence-electron chi connectivity index (χ4n) is 2.97. The van der Waals surface area contributed by atoms with Crippen LogP contribution in [0.5, 0.6) is 5.75 Å². The van der Waals surface area contributed by atoms with Crippen LogP contribution < -0.4 is 9.64 Å². The third-order valence-corrected chi connectivity index (χ3v) is 5.53. The largest absolute Gasteiger partial charge is 0.491 e. The number of ether oxygens (including phenoxy) is 2. The zero-order valence-electron chi connectivity index (χ0n) is 14.6. The topological polar surface area (TPSA) is 51.7 Å². The predicted molar refractivity (Wildman–Crippen MR) is 103 cm³/mol. The van der Waals surface area contributed by atoms with Crippen molar-refractivity contribution in [1.29, 1.82) is 0 Å². The van der Waals surface area contributed by atoms with Gasteiger partial charge >= 0.3 is 0 Å². The Labute approximate surface area is 156 Å². The first-order valence-corrected chi connectivity index (χ1v) is 9.50. The maximum Gasteiger partial charge on any atom is 0.259 e. The van der Waals surface area contributed by atoms with Gasteiger partial charge in [0.05, 0.1) is 16.3 Å². The van der Waals surface area contributed by atoms with Crippen LogP contribution in [0.15, 0.2) is 48.5 Å². The molecular formula is C20H20N2O3S. The normalized spacial score (nSPS) is 16.7. The van der Waals surface area contributed by atoms with Crippen LogP contribution in [-0.2, 0) is 4.74 Å². The summed E-state index contributed by atoms with van der Waals surface area (Å²) in [7, 11) is 1.75. The Morgan fingerprint density at radius 2 is 2.19 bits per heavy atom. The number of anilines is 1. The number of para-hydroxylation sites is 1. The summed E-state index contributed by atoms with van der Waals surface area (Å²) in [5.74, 6) is 0.579. The van der Waals surface area contributed by atoms with Gasteiger partial charge in [0.2, 0.25) is 0 Å². The van der Waals surface area contributed by atoms with Gasteiger partial charge in [0, 0.05) is 19.2 Å². The first kappa shape index (κ1) is 17.0. The molecule has 1 atom stereocenters. The number of hydrogen-bond donors (Lipinski definition) is 0. The summed E-state index contributed by atoms with van der Waals surface area (Å²) in [5, 5.41) is 0.682. The highest BCUT2D eigenvalue weighted by atomic mass is 32.1. The third-order valence-electron chi connectivity index (χ3n) is 4.42. The molecule has 26 heavy (non-hydrogen) atoms. The van der Waals surface area contributed by atoms with E-state index in [9.17, 15) is 4.79 Å². The molecule has 1 amide bonds. The number of nitrogens with zero attached hydrogens (tertiary/aromatic N) is 2. The summed E-state index contributed by atoms with van der Waals surface area (Å²) >= 11 is 1.51. The Bertz CT molecular complexity index is 885. The quantitative estimate of drug-likeness (QED) is 0.679. The Hall–Kier alpha value is -2.44. The van der Waals surface area contributed by atoms with E-state index in [0.717, 1.165) is 29.7 Å². The molecule has 0 bridgehead atoms. The van der Waals surface area contributed by atoms with E-state index in [4.69, 9.17) is 9.47 Å². The molecule has 1 fully saturated rings. The molecule has 3 aromatic rings. The fourth-order valence-corrected chi connectivity index (χ4v) is 3.89. The Morgan fingerprint density at radius 1 is 1.31 bits per heavy atom. The zero-order valence-corrected chi connectivity index (χ0v) is 15.4. The summed E-state index contributed by atoms with van der Waals surface area (Å²) in [4.78, 5) is 19.0. The van der Waals surface area contributed by atoms with Crippen LogP contribution in [0.25, 0.3) is 10.2 Å². The van der Waals surface area contributed by atoms with E-state index in [-0.39, 0.29) is 12.0 Å². The SMILES string of the molecule is CN(C(=O)c1cccc(OCC2CCCO2)c1)c1nc2ccccc2s1. The lowest BCUT2D eigenvalue weighted by atomic mass is 10.2. The number of benzene rings is 2. The van der Waals surface area contributed by atoms with Gasteiger partial charge in [-0.25, -0.2) is 4.98 Å². The van der Waals surface area contributed by atoms with E-state index >= 15 is 0 Å². The highest BCUT2D eigenvalue weighted by molar-refractivity contribution is 7.22. The smallest absolute Gasteiger partial charge is 0.259 e. The summed E-state index contributed by atoms with van der Waals surface area (Å²) in [5.41, 5.74) is 1.48. The molecule has 4 rings (SSSR count). The van der Waals surface area contributed by atoms with Crippen LogP contribution in [0.1, 0.15) is 23.2 Å². The number of hydrogen-bond acceptors (Lipinski definition) is 5. The number of aromatic nitrogens is 1. The van der Waals surface area contributed by atoms with Crippen LogP contribution in [-0.4, -0.2) is 37.3 Å². The lowest BCUT2D eigenvalue weighted by molar-refractivity contribution is 0.0679. The van der Waals surface area contributed by atoms with Crippen molar-refractivity contribution in [2.75, 3.05) is 25.2 Å². The molecule has 1 saturated heterocycles. The Morgan fingerprint density at radius 3 is 3.00 bits per heavy atom. The van der Waals surface area contributed by atoms with Crippen molar-refractivity contribution >= 4 is 32.6 Å². The Kier molecular flexibility index (Phi) is 4.86. The first-order chi connectivity index (χ1) is 12.7. The minimum Gasteiger partial charge on any atom is -0.491 e. The van der Waals surface area contributed by atoms with Crippen LogP contribution in [0.2, 0.25) is 0 Å². The molecule has 1 aliphatic heterocycles. The molecule has 1 unspecified atom stereocenters. The van der Waals surface area contributed by atoms with Crippen molar-refractivity contribution in [3.63, 3.8) is 0 Å². The van der Waals surface area contributed by atoms with E-state index in [1.165, 1.54) is 11.3 Å². The molecule has 0 spiro atoms. The average Bonchev–Trinajstić information content (AvgIpc) is 3.34. The summed E-state index contributed by atoms with van der Waals surface area (Å²) < 4.78 is 12.4. The van der Waals surface area contributed by atoms with E-state index < -0.39 is 0 Å². The monoisotopic (exact) mass is 368 g/mol. The standard InChI is InChI=1S/C20H20N2O3S/c1-22(20-21-17-9-2-3-10-18(17)26-20)19(23)14-6-4-7-15(12-14)25-13-16-8-5-11-24-16/h2-4,6-7,9-10,12,16H,5,8,11,13H2,1H3. The molecule has 2 aromatic carbocycles. The minimum absolute atomic E-state index is 0.105. The molecule has 2 heterocycles. The van der Waals surface area contributed by atoms with Crippen molar-refractivity contribution in [2.24, 2.45) is 0 Å². The first-order valence-electron chi connectivity index (χ1n) is 8.69. The molecule has 0 saturated carbocycles. The molecule has 134 valence electrons. The number of fused-ring (bicyclic) bond motifs is 1.